The smallest absolute Gasteiger partial charge is 0.270 e. The molecule has 2 aromatic heterocycles. The second kappa shape index (κ2) is 8.29. The fraction of sp³-hybridized carbons (Fsp3) is 0.370. The average molecular weight is 540 g/mol. The zero-order chi connectivity index (χ0) is 27.1. The predicted molar refractivity (Wildman–Crippen MR) is 138 cm³/mol. The summed E-state index contributed by atoms with van der Waals surface area (Å²) in [5.41, 5.74) is -0.969. The Labute approximate surface area is 222 Å². The summed E-state index contributed by atoms with van der Waals surface area (Å²) < 4.78 is 24.6. The Kier molecular flexibility index (Phi) is 5.33. The zero-order valence-corrected chi connectivity index (χ0v) is 22.2. The number of nitrogens with one attached hydrogen (secondary N) is 2. The fourth-order valence-electron chi connectivity index (χ4n) is 5.89. The van der Waals surface area contributed by atoms with Crippen molar-refractivity contribution in [2.45, 2.75) is 44.8 Å². The zero-order valence-electron chi connectivity index (χ0n) is 21.4. The molecule has 1 spiro atoms. The first kappa shape index (κ1) is 24.4. The Morgan fingerprint density at radius 1 is 1.16 bits per heavy atom. The Balaban J connectivity index is 1.56. The van der Waals surface area contributed by atoms with Crippen LogP contribution in [0, 0.1) is 5.92 Å². The summed E-state index contributed by atoms with van der Waals surface area (Å²) in [6.07, 6.45) is 1.78. The molecule has 3 aliphatic rings. The van der Waals surface area contributed by atoms with E-state index in [9.17, 15) is 14.4 Å². The number of ketones is 2. The maximum Gasteiger partial charge on any atom is 0.270 e. The Morgan fingerprint density at radius 2 is 1.89 bits per heavy atom. The van der Waals surface area contributed by atoms with Crippen molar-refractivity contribution in [1.29, 1.82) is 0 Å². The third-order valence-corrected chi connectivity index (χ3v) is 8.04. The van der Waals surface area contributed by atoms with Crippen LogP contribution in [0.2, 0.25) is 5.02 Å². The van der Waals surface area contributed by atoms with Gasteiger partial charge in [0.05, 0.1) is 32.0 Å². The molecule has 3 atom stereocenters. The molecule has 10 nitrogen and oxygen atoms in total. The summed E-state index contributed by atoms with van der Waals surface area (Å²) >= 11 is 6.56. The molecule has 2 N–H and O–H groups in total. The number of nitrogens with zero attached hydrogens (tertiary/aromatic N) is 1. The Morgan fingerprint density at radius 3 is 2.53 bits per heavy atom. The van der Waals surface area contributed by atoms with Gasteiger partial charge in [-0.3, -0.25) is 24.2 Å². The maximum atomic E-state index is 14.6. The number of anilines is 1. The largest absolute Gasteiger partial charge is 0.496 e. The predicted octanol–water partition coefficient (Wildman–Crippen LogP) is 4.46. The van der Waals surface area contributed by atoms with Crippen molar-refractivity contribution in [3.05, 3.63) is 68.0 Å². The number of halogens is 1. The van der Waals surface area contributed by atoms with Crippen molar-refractivity contribution >= 4 is 29.0 Å². The van der Waals surface area contributed by atoms with Crippen LogP contribution in [-0.2, 0) is 4.79 Å². The number of fused-ring (bicyclic) bond motifs is 2. The first-order valence-corrected chi connectivity index (χ1v) is 12.6. The molecule has 0 amide bonds. The van der Waals surface area contributed by atoms with Crippen molar-refractivity contribution in [3.8, 4) is 17.2 Å². The molecule has 0 radical (unpaired) electrons. The highest BCUT2D eigenvalue weighted by Gasteiger charge is 2.64. The quantitative estimate of drug-likeness (QED) is 0.466. The molecule has 0 fully saturated rings. The first-order chi connectivity index (χ1) is 18.1. The van der Waals surface area contributed by atoms with Gasteiger partial charge in [-0.15, -0.1) is 0 Å². The molecule has 2 aliphatic heterocycles. The number of Topliss-reactive ketones (excluding diaryl/α,β-unsaturated/α-hetero) is 2. The van der Waals surface area contributed by atoms with Gasteiger partial charge in [0.25, 0.3) is 5.56 Å². The lowest BCUT2D eigenvalue weighted by Crippen LogP contribution is -2.58. The molecule has 1 aromatic carbocycles. The molecule has 1 aliphatic carbocycles. The third-order valence-electron chi connectivity index (χ3n) is 7.68. The van der Waals surface area contributed by atoms with Crippen LogP contribution in [0.15, 0.2) is 44.9 Å². The van der Waals surface area contributed by atoms with E-state index in [1.165, 1.54) is 26.5 Å². The number of carbonyl (C=O) groups is 2. The van der Waals surface area contributed by atoms with Gasteiger partial charge < -0.3 is 23.9 Å². The van der Waals surface area contributed by atoms with Crippen LogP contribution in [-0.4, -0.2) is 41.2 Å². The van der Waals surface area contributed by atoms with E-state index in [2.05, 4.69) is 10.4 Å². The lowest BCUT2D eigenvalue weighted by atomic mass is 9.66. The minimum atomic E-state index is -1.90. The van der Waals surface area contributed by atoms with Crippen LogP contribution in [0.1, 0.15) is 60.8 Å². The Hall–Kier alpha value is -3.92. The number of ether oxygens (including phenoxy) is 3. The molecule has 11 heteroatoms. The minimum absolute atomic E-state index is 0.0416. The van der Waals surface area contributed by atoms with Crippen LogP contribution in [0.4, 0.5) is 5.82 Å². The number of H-pyrrole nitrogens is 1. The highest BCUT2D eigenvalue weighted by atomic mass is 35.5. The van der Waals surface area contributed by atoms with E-state index in [4.69, 9.17) is 30.2 Å². The number of carbonyl (C=O) groups excluding carboxylic acids is 2. The van der Waals surface area contributed by atoms with Crippen LogP contribution in [0.25, 0.3) is 0 Å². The lowest BCUT2D eigenvalue weighted by molar-refractivity contribution is -0.130. The van der Waals surface area contributed by atoms with Crippen LogP contribution < -0.4 is 25.1 Å². The van der Waals surface area contributed by atoms with E-state index < -0.39 is 29.0 Å². The third kappa shape index (κ3) is 2.97. The minimum Gasteiger partial charge on any atom is -0.496 e. The number of hydrogen-bond donors (Lipinski definition) is 2. The monoisotopic (exact) mass is 539 g/mol. The summed E-state index contributed by atoms with van der Waals surface area (Å²) in [7, 11) is 2.85. The second-order valence-corrected chi connectivity index (χ2v) is 10.4. The van der Waals surface area contributed by atoms with Gasteiger partial charge in [0.1, 0.15) is 33.7 Å². The average Bonchev–Trinajstić information content (AvgIpc) is 3.61. The number of benzene rings is 1. The van der Waals surface area contributed by atoms with Crippen LogP contribution in [0.5, 0.6) is 17.2 Å². The maximum absolute atomic E-state index is 14.6. The summed E-state index contributed by atoms with van der Waals surface area (Å²) in [4.78, 5) is 42.0. The SMILES string of the molecule is COc1cc(OC)c2c(c1Cl)OC1(C(=O)C3=C(CC1C)Nc1c(c(=O)[nH]n1C(C)C)C3c1ccco1)C2=O. The van der Waals surface area contributed by atoms with E-state index in [0.29, 0.717) is 29.3 Å². The molecule has 6 rings (SSSR count). The number of aromatic amines is 1. The highest BCUT2D eigenvalue weighted by molar-refractivity contribution is 6.36. The van der Waals surface area contributed by atoms with Gasteiger partial charge in [0.2, 0.25) is 17.2 Å². The first-order valence-electron chi connectivity index (χ1n) is 12.3. The van der Waals surface area contributed by atoms with E-state index in [0.717, 1.165) is 0 Å². The van der Waals surface area contributed by atoms with Gasteiger partial charge in [-0.2, -0.15) is 0 Å². The summed E-state index contributed by atoms with van der Waals surface area (Å²) in [6.45, 7) is 5.68. The number of hydrogen-bond acceptors (Lipinski definition) is 8. The van der Waals surface area contributed by atoms with Gasteiger partial charge in [0, 0.05) is 29.3 Å². The van der Waals surface area contributed by atoms with Gasteiger partial charge in [-0.1, -0.05) is 18.5 Å². The summed E-state index contributed by atoms with van der Waals surface area (Å²) in [5.74, 6) is -1.06. The molecule has 4 heterocycles. The Bertz CT molecular complexity index is 1600. The number of furan rings is 1. The molecule has 38 heavy (non-hydrogen) atoms. The molecule has 0 bridgehead atoms. The van der Waals surface area contributed by atoms with Crippen molar-refractivity contribution in [3.63, 3.8) is 0 Å². The molecular weight excluding hydrogens is 514 g/mol. The normalized spacial score (nSPS) is 23.8. The van der Waals surface area contributed by atoms with E-state index in [-0.39, 0.29) is 45.0 Å². The van der Waals surface area contributed by atoms with Crippen molar-refractivity contribution in [1.82, 2.24) is 9.78 Å². The number of rotatable bonds is 4. The van der Waals surface area contributed by atoms with E-state index >= 15 is 0 Å². The van der Waals surface area contributed by atoms with E-state index in [1.807, 2.05) is 13.8 Å². The molecule has 198 valence electrons. The number of allylic oxidation sites excluding steroid dienone is 1. The van der Waals surface area contributed by atoms with E-state index in [1.54, 1.807) is 23.7 Å². The summed E-state index contributed by atoms with van der Waals surface area (Å²) in [6, 6.07) is 4.85. The van der Waals surface area contributed by atoms with Crippen molar-refractivity contribution in [2.75, 3.05) is 19.5 Å². The highest BCUT2D eigenvalue weighted by Crippen LogP contribution is 2.56. The van der Waals surface area contributed by atoms with Gasteiger partial charge >= 0.3 is 0 Å². The van der Waals surface area contributed by atoms with Crippen molar-refractivity contribution < 1.29 is 28.2 Å². The number of aromatic nitrogens is 2. The molecular formula is C27H26ClN3O7. The molecule has 3 aromatic rings. The summed E-state index contributed by atoms with van der Waals surface area (Å²) in [5, 5.41) is 6.28. The van der Waals surface area contributed by atoms with Crippen molar-refractivity contribution in [2.24, 2.45) is 5.92 Å². The standard InChI is InChI=1S/C27H26ClN3O7/c1-11(2)31-25-20(26(34)30-31)18(14-7-6-8-37-14)17-13(29-25)9-12(3)27(23(17)32)24(33)19-15(35-4)10-16(36-5)21(28)22(19)38-27/h6-8,10-12,18,29H,9H2,1-5H3,(H,30,34). The van der Waals surface area contributed by atoms with Gasteiger partial charge in [0.15, 0.2) is 5.75 Å². The van der Waals surface area contributed by atoms with Crippen LogP contribution in [0.3, 0.4) is 0 Å². The molecule has 0 saturated carbocycles. The van der Waals surface area contributed by atoms with Gasteiger partial charge in [-0.05, 0) is 32.4 Å². The van der Waals surface area contributed by atoms with Gasteiger partial charge in [-0.25, -0.2) is 0 Å². The lowest BCUT2D eigenvalue weighted by Gasteiger charge is -2.41. The second-order valence-electron chi connectivity index (χ2n) is 10.0. The number of methoxy groups -OCH3 is 2. The molecule has 3 unspecified atom stereocenters. The molecule has 0 saturated heterocycles. The fourth-order valence-corrected chi connectivity index (χ4v) is 6.16. The van der Waals surface area contributed by atoms with Crippen LogP contribution >= 0.6 is 11.6 Å². The topological polar surface area (TPSA) is 125 Å².